The highest BCUT2D eigenvalue weighted by Crippen LogP contribution is 2.32. The van der Waals surface area contributed by atoms with Crippen LogP contribution in [0.2, 0.25) is 10.0 Å². The fourth-order valence-electron chi connectivity index (χ4n) is 6.13. The number of carbonyl (C=O) groups excluding carboxylic acids is 2. The highest BCUT2D eigenvalue weighted by Gasteiger charge is 2.35. The molecule has 3 aromatic rings. The second kappa shape index (κ2) is 13.2. The van der Waals surface area contributed by atoms with E-state index in [1.807, 2.05) is 60.4 Å². The fourth-order valence-corrected chi connectivity index (χ4v) is 6.45. The molecule has 7 nitrogen and oxygen atoms in total. The summed E-state index contributed by atoms with van der Waals surface area (Å²) in [5.74, 6) is 0.763. The lowest BCUT2D eigenvalue weighted by Crippen LogP contribution is -2.53. The van der Waals surface area contributed by atoms with Gasteiger partial charge < -0.3 is 15.0 Å². The standard InChI is InChI=1S/C31H36Cl2N4O3/c1-2-40-31(39)35-19-25-20-37(13-9-22(25)16-21-5-7-27(32)28(33)17-21)26-10-14-36(15-11-26)30(38)24-6-8-29-23(18-24)4-3-12-34-29/h3-8,12,17-18,22,25-26H,2,9-11,13-16,19-20H2,1H3,(H,35,39)/t22-,25-/m1/s1. The van der Waals surface area contributed by atoms with E-state index in [9.17, 15) is 9.59 Å². The Morgan fingerprint density at radius 2 is 1.82 bits per heavy atom. The number of halogens is 2. The maximum atomic E-state index is 13.3. The van der Waals surface area contributed by atoms with Gasteiger partial charge in [-0.3, -0.25) is 14.7 Å². The van der Waals surface area contributed by atoms with Crippen LogP contribution in [0.1, 0.15) is 42.1 Å². The minimum Gasteiger partial charge on any atom is -0.450 e. The van der Waals surface area contributed by atoms with Gasteiger partial charge in [0.25, 0.3) is 5.91 Å². The highest BCUT2D eigenvalue weighted by atomic mass is 35.5. The molecule has 1 N–H and O–H groups in total. The van der Waals surface area contributed by atoms with Crippen LogP contribution in [0.15, 0.2) is 54.7 Å². The number of fused-ring (bicyclic) bond motifs is 1. The van der Waals surface area contributed by atoms with Crippen LogP contribution in [0.5, 0.6) is 0 Å². The van der Waals surface area contributed by atoms with Crippen LogP contribution in [0.25, 0.3) is 10.9 Å². The Kier molecular flexibility index (Phi) is 9.45. The van der Waals surface area contributed by atoms with Gasteiger partial charge >= 0.3 is 6.09 Å². The lowest BCUT2D eigenvalue weighted by atomic mass is 9.80. The first-order chi connectivity index (χ1) is 19.4. The van der Waals surface area contributed by atoms with Crippen molar-refractivity contribution in [2.75, 3.05) is 39.3 Å². The van der Waals surface area contributed by atoms with Crippen LogP contribution in [0.4, 0.5) is 4.79 Å². The van der Waals surface area contributed by atoms with E-state index in [2.05, 4.69) is 15.2 Å². The molecule has 2 saturated heterocycles. The number of hydrogen-bond donors (Lipinski definition) is 1. The van der Waals surface area contributed by atoms with E-state index in [0.717, 1.165) is 68.3 Å². The molecule has 0 aliphatic carbocycles. The molecular weight excluding hydrogens is 547 g/mol. The Hall–Kier alpha value is -2.87. The van der Waals surface area contributed by atoms with Crippen molar-refractivity contribution in [3.8, 4) is 0 Å². The third kappa shape index (κ3) is 6.88. The predicted octanol–water partition coefficient (Wildman–Crippen LogP) is 6.07. The molecule has 2 fully saturated rings. The molecule has 9 heteroatoms. The number of rotatable bonds is 7. The van der Waals surface area contributed by atoms with Crippen molar-refractivity contribution in [2.24, 2.45) is 11.8 Å². The van der Waals surface area contributed by atoms with Crippen molar-refractivity contribution in [3.63, 3.8) is 0 Å². The van der Waals surface area contributed by atoms with Gasteiger partial charge in [0.1, 0.15) is 0 Å². The van der Waals surface area contributed by atoms with E-state index in [1.165, 1.54) is 0 Å². The molecule has 0 spiro atoms. The number of benzene rings is 2. The van der Waals surface area contributed by atoms with Gasteiger partial charge in [0, 0.05) is 49.4 Å². The van der Waals surface area contributed by atoms with E-state index >= 15 is 0 Å². The molecule has 40 heavy (non-hydrogen) atoms. The lowest BCUT2D eigenvalue weighted by Gasteiger charge is -2.45. The first-order valence-electron chi connectivity index (χ1n) is 14.1. The number of nitrogens with zero attached hydrogens (tertiary/aromatic N) is 3. The Labute approximate surface area is 245 Å². The molecule has 0 unspecified atom stereocenters. The zero-order chi connectivity index (χ0) is 28.1. The quantitative estimate of drug-likeness (QED) is 0.366. The molecule has 0 bridgehead atoms. The molecular formula is C31H36Cl2N4O3. The van der Waals surface area contributed by atoms with Crippen molar-refractivity contribution >= 4 is 46.1 Å². The molecule has 0 saturated carbocycles. The largest absolute Gasteiger partial charge is 0.450 e. The van der Waals surface area contributed by atoms with Crippen molar-refractivity contribution < 1.29 is 14.3 Å². The maximum absolute atomic E-state index is 13.3. The molecule has 5 rings (SSSR count). The number of nitrogens with one attached hydrogen (secondary N) is 1. The third-order valence-electron chi connectivity index (χ3n) is 8.31. The van der Waals surface area contributed by atoms with Crippen molar-refractivity contribution in [1.82, 2.24) is 20.1 Å². The average Bonchev–Trinajstić information content (AvgIpc) is 2.98. The second-order valence-electron chi connectivity index (χ2n) is 10.8. The number of likely N-dealkylation sites (tertiary alicyclic amines) is 2. The number of pyridine rings is 1. The SMILES string of the molecule is CCOC(=O)NC[C@@H]1CN(C2CCN(C(=O)c3ccc4ncccc4c3)CC2)CC[C@@H]1Cc1ccc(Cl)c(Cl)c1. The van der Waals surface area contributed by atoms with Gasteiger partial charge in [-0.05, 0) is 92.9 Å². The summed E-state index contributed by atoms with van der Waals surface area (Å²) in [4.78, 5) is 34.2. The number of hydrogen-bond acceptors (Lipinski definition) is 5. The Balaban J connectivity index is 1.20. The zero-order valence-electron chi connectivity index (χ0n) is 22.8. The van der Waals surface area contributed by atoms with Gasteiger partial charge in [-0.1, -0.05) is 35.3 Å². The first-order valence-corrected chi connectivity index (χ1v) is 14.9. The lowest BCUT2D eigenvalue weighted by molar-refractivity contribution is 0.0401. The summed E-state index contributed by atoms with van der Waals surface area (Å²) in [5.41, 5.74) is 2.77. The number of aromatic nitrogens is 1. The maximum Gasteiger partial charge on any atom is 0.407 e. The minimum atomic E-state index is -0.371. The van der Waals surface area contributed by atoms with Crippen LogP contribution in [-0.2, 0) is 11.2 Å². The highest BCUT2D eigenvalue weighted by molar-refractivity contribution is 6.42. The van der Waals surface area contributed by atoms with Gasteiger partial charge in [0.2, 0.25) is 0 Å². The van der Waals surface area contributed by atoms with Gasteiger partial charge in [0.15, 0.2) is 0 Å². The number of carbonyl (C=O) groups is 2. The Bertz CT molecular complexity index is 1350. The van der Waals surface area contributed by atoms with Gasteiger partial charge in [-0.2, -0.15) is 0 Å². The van der Waals surface area contributed by atoms with Gasteiger partial charge in [0.05, 0.1) is 22.2 Å². The summed E-state index contributed by atoms with van der Waals surface area (Å²) < 4.78 is 5.12. The number of ether oxygens (including phenoxy) is 1. The van der Waals surface area contributed by atoms with E-state index < -0.39 is 0 Å². The fraction of sp³-hybridized carbons (Fsp3) is 0.452. The van der Waals surface area contributed by atoms with Crippen molar-refractivity contribution in [2.45, 2.75) is 38.6 Å². The molecule has 2 amide bonds. The molecule has 2 aromatic carbocycles. The van der Waals surface area contributed by atoms with E-state index in [0.29, 0.717) is 40.7 Å². The Morgan fingerprint density at radius 3 is 2.60 bits per heavy atom. The summed E-state index contributed by atoms with van der Waals surface area (Å²) in [6.07, 6.45) is 5.19. The minimum absolute atomic E-state index is 0.0843. The van der Waals surface area contributed by atoms with Crippen LogP contribution >= 0.6 is 23.2 Å². The number of amides is 2. The monoisotopic (exact) mass is 582 g/mol. The third-order valence-corrected chi connectivity index (χ3v) is 9.05. The summed E-state index contributed by atoms with van der Waals surface area (Å²) >= 11 is 12.4. The summed E-state index contributed by atoms with van der Waals surface area (Å²) in [6.45, 7) is 6.10. The smallest absolute Gasteiger partial charge is 0.407 e. The topological polar surface area (TPSA) is 74.8 Å². The molecule has 0 radical (unpaired) electrons. The van der Waals surface area contributed by atoms with E-state index in [1.54, 1.807) is 6.20 Å². The number of alkyl carbamates (subject to hydrolysis) is 1. The summed E-state index contributed by atoms with van der Waals surface area (Å²) in [6, 6.07) is 15.9. The Morgan fingerprint density at radius 1 is 1.00 bits per heavy atom. The van der Waals surface area contributed by atoms with Crippen LogP contribution < -0.4 is 5.32 Å². The predicted molar refractivity (Wildman–Crippen MR) is 159 cm³/mol. The van der Waals surface area contributed by atoms with Gasteiger partial charge in [-0.15, -0.1) is 0 Å². The van der Waals surface area contributed by atoms with Crippen LogP contribution in [0, 0.1) is 11.8 Å². The second-order valence-corrected chi connectivity index (χ2v) is 11.6. The zero-order valence-corrected chi connectivity index (χ0v) is 24.3. The van der Waals surface area contributed by atoms with Crippen molar-refractivity contribution in [1.29, 1.82) is 0 Å². The number of piperidine rings is 2. The average molecular weight is 584 g/mol. The normalized spacial score (nSPS) is 20.4. The van der Waals surface area contributed by atoms with Crippen LogP contribution in [0.3, 0.4) is 0 Å². The van der Waals surface area contributed by atoms with Gasteiger partial charge in [-0.25, -0.2) is 4.79 Å². The van der Waals surface area contributed by atoms with Crippen molar-refractivity contribution in [3.05, 3.63) is 75.9 Å². The molecule has 2 aliphatic heterocycles. The summed E-state index contributed by atoms with van der Waals surface area (Å²) in [5, 5.41) is 5.08. The summed E-state index contributed by atoms with van der Waals surface area (Å²) in [7, 11) is 0. The molecule has 212 valence electrons. The molecule has 1 aromatic heterocycles. The molecule has 2 atom stereocenters. The van der Waals surface area contributed by atoms with Crippen LogP contribution in [-0.4, -0.2) is 72.2 Å². The van der Waals surface area contributed by atoms with E-state index in [4.69, 9.17) is 27.9 Å². The molecule has 3 heterocycles. The molecule has 2 aliphatic rings. The first kappa shape index (κ1) is 28.7. The van der Waals surface area contributed by atoms with E-state index in [-0.39, 0.29) is 17.9 Å².